The molecule has 2 heterocycles. The van der Waals surface area contributed by atoms with Crippen molar-refractivity contribution in [2.24, 2.45) is 0 Å². The average Bonchev–Trinajstić information content (AvgIpc) is 3.75. The van der Waals surface area contributed by atoms with Gasteiger partial charge in [0.2, 0.25) is 0 Å². The molecule has 0 fully saturated rings. The zero-order valence-electron chi connectivity index (χ0n) is 28.4. The molecule has 2 aromatic heterocycles. The number of nitrogens with one attached hydrogen (secondary N) is 1. The molecule has 0 aliphatic rings. The van der Waals surface area contributed by atoms with Crippen LogP contribution < -0.4 is 0 Å². The van der Waals surface area contributed by atoms with Gasteiger partial charge in [-0.25, -0.2) is 24.2 Å². The third-order valence-corrected chi connectivity index (χ3v) is 6.26. The van der Waals surface area contributed by atoms with Crippen molar-refractivity contribution >= 4 is 40.7 Å². The van der Waals surface area contributed by atoms with Crippen LogP contribution in [0.25, 0.3) is 29.0 Å². The summed E-state index contributed by atoms with van der Waals surface area (Å²) < 4.78 is 165. The van der Waals surface area contributed by atoms with E-state index >= 15 is 0 Å². The molecule has 0 atom stereocenters. The first-order valence-corrected chi connectivity index (χ1v) is 16.2. The molecule has 0 saturated carbocycles. The first kappa shape index (κ1) is 46.2. The Labute approximate surface area is 316 Å². The van der Waals surface area contributed by atoms with Gasteiger partial charge in [0.1, 0.15) is 12.7 Å². The van der Waals surface area contributed by atoms with Crippen molar-refractivity contribution in [2.75, 3.05) is 0 Å². The van der Waals surface area contributed by atoms with Gasteiger partial charge in [0, 0.05) is 29.5 Å². The molecule has 4 rings (SSSR count). The number of carbonyl (C=O) groups excluding carboxylic acids is 2. The number of H-pyrrole nitrogens is 1. The van der Waals surface area contributed by atoms with Crippen LogP contribution in [0.4, 0.5) is 52.7 Å². The molecule has 0 amide bonds. The van der Waals surface area contributed by atoms with Gasteiger partial charge in [0.25, 0.3) is 0 Å². The lowest BCUT2D eigenvalue weighted by atomic mass is 10.0. The molecule has 0 radical (unpaired) electrons. The largest absolute Gasteiger partial charge is 0.460 e. The van der Waals surface area contributed by atoms with Gasteiger partial charge in [0.15, 0.2) is 11.6 Å². The standard InChI is InChI=1S/C16H13F6N3O2.C10H5F6N3.C6H9IO2/c1-9(2)27-13(26)3-4-25-8-23-14(24-25)10-5-11(15(17,18)19)7-12(6-10)16(20,21)22;11-9(12,13)6-1-5(8-17-4-18-19-8)2-7(3-6)10(14,15)16;1-5(2)9-6(8)3-4-7/h3-9H,1-2H3;1-4H,(H,17,18,19);3-5H,1-2H3/b4-3-;;4-3-. The van der Waals surface area contributed by atoms with Gasteiger partial charge in [0.05, 0.1) is 34.5 Å². The van der Waals surface area contributed by atoms with E-state index in [-0.39, 0.29) is 47.5 Å². The van der Waals surface area contributed by atoms with Crippen LogP contribution in [0.2, 0.25) is 0 Å². The Morgan fingerprint density at radius 2 is 1.09 bits per heavy atom. The second-order valence-corrected chi connectivity index (χ2v) is 11.8. The number of alkyl halides is 12. The van der Waals surface area contributed by atoms with Gasteiger partial charge in [-0.3, -0.25) is 5.10 Å². The molecule has 55 heavy (non-hydrogen) atoms. The van der Waals surface area contributed by atoms with Gasteiger partial charge in [-0.2, -0.15) is 57.8 Å². The third-order valence-electron chi connectivity index (χ3n) is 5.90. The van der Waals surface area contributed by atoms with Gasteiger partial charge in [-0.1, -0.05) is 22.6 Å². The number of esters is 2. The monoisotopic (exact) mass is 914 g/mol. The molecule has 0 spiro atoms. The van der Waals surface area contributed by atoms with Crippen LogP contribution in [0.5, 0.6) is 0 Å². The fourth-order valence-corrected chi connectivity index (χ4v) is 4.02. The number of halogens is 13. The van der Waals surface area contributed by atoms with E-state index in [0.29, 0.717) is 24.3 Å². The predicted molar refractivity (Wildman–Crippen MR) is 178 cm³/mol. The van der Waals surface area contributed by atoms with Crippen LogP contribution in [0.1, 0.15) is 49.9 Å². The highest BCUT2D eigenvalue weighted by atomic mass is 127. The van der Waals surface area contributed by atoms with Crippen LogP contribution >= 0.6 is 22.6 Å². The highest BCUT2D eigenvalue weighted by molar-refractivity contribution is 14.1. The first-order valence-electron chi connectivity index (χ1n) is 14.9. The number of nitrogens with zero attached hydrogens (tertiary/aromatic N) is 5. The maximum Gasteiger partial charge on any atom is 0.416 e. The summed E-state index contributed by atoms with van der Waals surface area (Å²) in [6, 6.07) is 2.27. The lowest BCUT2D eigenvalue weighted by molar-refractivity contribution is -0.144. The fourth-order valence-electron chi connectivity index (χ4n) is 3.73. The quantitative estimate of drug-likeness (QED) is 0.0842. The van der Waals surface area contributed by atoms with E-state index in [4.69, 9.17) is 9.47 Å². The maximum absolute atomic E-state index is 12.9. The van der Waals surface area contributed by atoms with E-state index in [2.05, 4.69) is 25.3 Å². The van der Waals surface area contributed by atoms with Crippen molar-refractivity contribution in [2.45, 2.75) is 64.6 Å². The number of carbonyl (C=O) groups is 2. The Kier molecular flexibility index (Phi) is 16.0. The van der Waals surface area contributed by atoms with Crippen molar-refractivity contribution in [3.8, 4) is 22.8 Å². The Morgan fingerprint density at radius 3 is 1.45 bits per heavy atom. The van der Waals surface area contributed by atoms with E-state index in [9.17, 15) is 62.3 Å². The van der Waals surface area contributed by atoms with Crippen LogP contribution in [-0.2, 0) is 43.8 Å². The molecule has 0 saturated heterocycles. The van der Waals surface area contributed by atoms with Crippen LogP contribution in [-0.4, -0.2) is 54.1 Å². The van der Waals surface area contributed by atoms with Crippen LogP contribution in [0.3, 0.4) is 0 Å². The Hall–Kier alpha value is -4.97. The van der Waals surface area contributed by atoms with E-state index in [1.807, 2.05) is 36.4 Å². The summed E-state index contributed by atoms with van der Waals surface area (Å²) in [6.07, 6.45) is -14.6. The number of hydrogen-bond acceptors (Lipinski definition) is 8. The molecule has 2 aromatic carbocycles. The molecule has 23 heteroatoms. The zero-order chi connectivity index (χ0) is 41.9. The smallest absolute Gasteiger partial charge is 0.416 e. The molecule has 0 aliphatic carbocycles. The summed E-state index contributed by atoms with van der Waals surface area (Å²) in [5, 5.41) is 9.35. The molecule has 4 aromatic rings. The lowest BCUT2D eigenvalue weighted by Crippen LogP contribution is -2.11. The molecule has 0 aliphatic heterocycles. The SMILES string of the molecule is CC(C)OC(=O)/C=C\I.CC(C)OC(=O)/C=C\n1cnc(-c2cc(C(F)(F)F)cc(C(F)(F)F)c2)n1.FC(F)(F)c1cc(-c2ncn[nH]2)cc(C(F)(F)F)c1. The van der Waals surface area contributed by atoms with Crippen molar-refractivity contribution < 1.29 is 71.7 Å². The number of aromatic amines is 1. The highest BCUT2D eigenvalue weighted by Crippen LogP contribution is 2.39. The molecule has 0 unspecified atom stereocenters. The first-order chi connectivity index (χ1) is 25.2. The molecule has 10 nitrogen and oxygen atoms in total. The molecular formula is C32H27F12IN6O4. The number of rotatable bonds is 7. The summed E-state index contributed by atoms with van der Waals surface area (Å²) in [5.41, 5.74) is -6.53. The minimum absolute atomic E-state index is 0.0162. The summed E-state index contributed by atoms with van der Waals surface area (Å²) in [7, 11) is 0. The van der Waals surface area contributed by atoms with E-state index < -0.39 is 58.5 Å². The average molecular weight is 914 g/mol. The Morgan fingerprint density at radius 1 is 0.673 bits per heavy atom. The maximum atomic E-state index is 12.9. The van der Waals surface area contributed by atoms with Crippen LogP contribution in [0, 0.1) is 0 Å². The second kappa shape index (κ2) is 19.1. The summed E-state index contributed by atoms with van der Waals surface area (Å²) >= 11 is 1.97. The minimum atomic E-state index is -4.97. The number of aromatic nitrogens is 6. The topological polar surface area (TPSA) is 125 Å². The summed E-state index contributed by atoms with van der Waals surface area (Å²) in [6.45, 7) is 6.90. The van der Waals surface area contributed by atoms with Crippen molar-refractivity contribution in [3.63, 3.8) is 0 Å². The minimum Gasteiger partial charge on any atom is -0.460 e. The van der Waals surface area contributed by atoms with Gasteiger partial charge in [-0.15, -0.1) is 5.10 Å². The second-order valence-electron chi connectivity index (χ2n) is 11.1. The molecule has 1 N–H and O–H groups in total. The van der Waals surface area contributed by atoms with Gasteiger partial charge in [-0.05, 0) is 68.2 Å². The Balaban J connectivity index is 0.000000323. The van der Waals surface area contributed by atoms with Crippen LogP contribution in [0.15, 0.2) is 65.3 Å². The van der Waals surface area contributed by atoms with Crippen molar-refractivity contribution in [1.29, 1.82) is 0 Å². The summed E-state index contributed by atoms with van der Waals surface area (Å²) in [4.78, 5) is 29.1. The van der Waals surface area contributed by atoms with E-state index in [1.54, 1.807) is 17.9 Å². The number of benzene rings is 2. The molecular weight excluding hydrogens is 887 g/mol. The van der Waals surface area contributed by atoms with E-state index in [0.717, 1.165) is 29.6 Å². The van der Waals surface area contributed by atoms with Gasteiger partial charge < -0.3 is 9.47 Å². The number of ether oxygens (including phenoxy) is 2. The van der Waals surface area contributed by atoms with Crippen molar-refractivity contribution in [1.82, 2.24) is 29.9 Å². The number of hydrogen-bond donors (Lipinski definition) is 1. The normalized spacial score (nSPS) is 12.4. The summed E-state index contributed by atoms with van der Waals surface area (Å²) in [5.74, 6) is -1.51. The van der Waals surface area contributed by atoms with Gasteiger partial charge >= 0.3 is 36.6 Å². The van der Waals surface area contributed by atoms with Crippen molar-refractivity contribution in [3.05, 3.63) is 87.5 Å². The predicted octanol–water partition coefficient (Wildman–Crippen LogP) is 9.80. The molecule has 0 bridgehead atoms. The zero-order valence-corrected chi connectivity index (χ0v) is 30.5. The fraction of sp³-hybridized carbons (Fsp3) is 0.312. The van der Waals surface area contributed by atoms with E-state index in [1.165, 1.54) is 6.08 Å². The third kappa shape index (κ3) is 15.7. The lowest BCUT2D eigenvalue weighted by Gasteiger charge is -2.13. The highest BCUT2D eigenvalue weighted by Gasteiger charge is 2.38. The molecule has 300 valence electrons. The Bertz CT molecular complexity index is 1870.